The van der Waals surface area contributed by atoms with Crippen molar-refractivity contribution in [1.82, 2.24) is 0 Å². The van der Waals surface area contributed by atoms with Gasteiger partial charge >= 0.3 is 0 Å². The van der Waals surface area contributed by atoms with Gasteiger partial charge in [-0.25, -0.2) is 0 Å². The topological polar surface area (TPSA) is 46.2 Å². The lowest BCUT2D eigenvalue weighted by Gasteiger charge is -2.14. The third-order valence-electron chi connectivity index (χ3n) is 3.89. The second-order valence-electron chi connectivity index (χ2n) is 5.22. The van der Waals surface area contributed by atoms with Crippen LogP contribution in [0.25, 0.3) is 0 Å². The van der Waals surface area contributed by atoms with Gasteiger partial charge in [0.15, 0.2) is 0 Å². The zero-order valence-electron chi connectivity index (χ0n) is 10.4. The van der Waals surface area contributed by atoms with E-state index in [0.29, 0.717) is 11.7 Å². The number of nitrogens with two attached hydrogens (primary N) is 1. The standard InChI is InChI=1S/C16H17NO/c1-11-6-8-12(9-7-11)14-10-16(14,17)13-4-2-3-5-15(13)18/h2-9,14,18H,10,17H2,1H3. The van der Waals surface area contributed by atoms with E-state index in [1.807, 2.05) is 18.2 Å². The summed E-state index contributed by atoms with van der Waals surface area (Å²) in [6.45, 7) is 2.08. The maximum atomic E-state index is 9.91. The average Bonchev–Trinajstić information content (AvgIpc) is 3.04. The monoisotopic (exact) mass is 239 g/mol. The highest BCUT2D eigenvalue weighted by molar-refractivity contribution is 5.48. The molecule has 0 saturated heterocycles. The van der Waals surface area contributed by atoms with Crippen molar-refractivity contribution in [3.8, 4) is 5.75 Å². The lowest BCUT2D eigenvalue weighted by atomic mass is 9.98. The fourth-order valence-electron chi connectivity index (χ4n) is 2.66. The highest BCUT2D eigenvalue weighted by Crippen LogP contribution is 2.58. The molecule has 2 nitrogen and oxygen atoms in total. The summed E-state index contributed by atoms with van der Waals surface area (Å²) in [5.41, 5.74) is 9.39. The van der Waals surface area contributed by atoms with Gasteiger partial charge in [-0.15, -0.1) is 0 Å². The number of phenols is 1. The van der Waals surface area contributed by atoms with Crippen LogP contribution < -0.4 is 5.73 Å². The second-order valence-corrected chi connectivity index (χ2v) is 5.22. The number of para-hydroxylation sites is 1. The number of rotatable bonds is 2. The fourth-order valence-corrected chi connectivity index (χ4v) is 2.66. The van der Waals surface area contributed by atoms with Crippen LogP contribution in [0.3, 0.4) is 0 Å². The van der Waals surface area contributed by atoms with E-state index >= 15 is 0 Å². The van der Waals surface area contributed by atoms with Crippen molar-refractivity contribution in [1.29, 1.82) is 0 Å². The molecule has 1 fully saturated rings. The number of aromatic hydroxyl groups is 1. The SMILES string of the molecule is Cc1ccc(C2CC2(N)c2ccccc2O)cc1. The molecular weight excluding hydrogens is 222 g/mol. The number of benzene rings is 2. The molecule has 2 aromatic carbocycles. The molecule has 1 aliphatic rings. The lowest BCUT2D eigenvalue weighted by molar-refractivity contribution is 0.458. The Kier molecular flexibility index (Phi) is 2.42. The number of phenolic OH excluding ortho intramolecular Hbond substituents is 1. The summed E-state index contributed by atoms with van der Waals surface area (Å²) >= 11 is 0. The van der Waals surface area contributed by atoms with Crippen molar-refractivity contribution in [3.63, 3.8) is 0 Å². The first-order chi connectivity index (χ1) is 8.61. The summed E-state index contributed by atoms with van der Waals surface area (Å²) in [6, 6.07) is 15.9. The highest BCUT2D eigenvalue weighted by Gasteiger charge is 2.54. The first kappa shape index (κ1) is 11.3. The van der Waals surface area contributed by atoms with E-state index in [9.17, 15) is 5.11 Å². The predicted molar refractivity (Wildman–Crippen MR) is 72.5 cm³/mol. The van der Waals surface area contributed by atoms with Crippen LogP contribution in [0.2, 0.25) is 0 Å². The number of hydrogen-bond donors (Lipinski definition) is 2. The van der Waals surface area contributed by atoms with E-state index in [4.69, 9.17) is 5.73 Å². The minimum Gasteiger partial charge on any atom is -0.508 e. The molecule has 0 bridgehead atoms. The minimum atomic E-state index is -0.402. The molecule has 0 aliphatic heterocycles. The molecule has 1 aliphatic carbocycles. The molecule has 0 spiro atoms. The van der Waals surface area contributed by atoms with Gasteiger partial charge < -0.3 is 10.8 Å². The molecule has 18 heavy (non-hydrogen) atoms. The van der Waals surface area contributed by atoms with Crippen LogP contribution in [-0.2, 0) is 5.54 Å². The zero-order chi connectivity index (χ0) is 12.8. The van der Waals surface area contributed by atoms with Gasteiger partial charge in [-0.1, -0.05) is 48.0 Å². The van der Waals surface area contributed by atoms with E-state index in [1.54, 1.807) is 6.07 Å². The molecule has 2 atom stereocenters. The van der Waals surface area contributed by atoms with Crippen LogP contribution in [-0.4, -0.2) is 5.11 Å². The maximum absolute atomic E-state index is 9.91. The van der Waals surface area contributed by atoms with Crippen molar-refractivity contribution in [2.45, 2.75) is 24.8 Å². The van der Waals surface area contributed by atoms with Crippen molar-refractivity contribution in [3.05, 3.63) is 65.2 Å². The summed E-state index contributed by atoms with van der Waals surface area (Å²) < 4.78 is 0. The van der Waals surface area contributed by atoms with Crippen LogP contribution in [0.15, 0.2) is 48.5 Å². The van der Waals surface area contributed by atoms with Crippen molar-refractivity contribution < 1.29 is 5.11 Å². The van der Waals surface area contributed by atoms with Gasteiger partial charge in [0.1, 0.15) is 5.75 Å². The van der Waals surface area contributed by atoms with Crippen molar-refractivity contribution in [2.24, 2.45) is 5.73 Å². The summed E-state index contributed by atoms with van der Waals surface area (Å²) in [7, 11) is 0. The Morgan fingerprint density at radius 2 is 1.78 bits per heavy atom. The maximum Gasteiger partial charge on any atom is 0.120 e. The van der Waals surface area contributed by atoms with E-state index in [2.05, 4.69) is 31.2 Å². The molecule has 2 aromatic rings. The zero-order valence-corrected chi connectivity index (χ0v) is 10.4. The van der Waals surface area contributed by atoms with Gasteiger partial charge in [0.05, 0.1) is 5.54 Å². The predicted octanol–water partition coefficient (Wildman–Crippen LogP) is 3.04. The highest BCUT2D eigenvalue weighted by atomic mass is 16.3. The fraction of sp³-hybridized carbons (Fsp3) is 0.250. The smallest absolute Gasteiger partial charge is 0.120 e. The van der Waals surface area contributed by atoms with Gasteiger partial charge in [0, 0.05) is 11.5 Å². The van der Waals surface area contributed by atoms with Crippen LogP contribution in [0, 0.1) is 6.92 Å². The molecule has 2 unspecified atom stereocenters. The Hall–Kier alpha value is -1.80. The third-order valence-corrected chi connectivity index (χ3v) is 3.89. The van der Waals surface area contributed by atoms with Crippen LogP contribution in [0.4, 0.5) is 0 Å². The van der Waals surface area contributed by atoms with E-state index in [0.717, 1.165) is 12.0 Å². The Bertz CT molecular complexity index is 576. The minimum absolute atomic E-state index is 0.301. The molecule has 0 amide bonds. The quantitative estimate of drug-likeness (QED) is 0.846. The summed E-state index contributed by atoms with van der Waals surface area (Å²) in [5.74, 6) is 0.612. The van der Waals surface area contributed by atoms with Crippen LogP contribution >= 0.6 is 0 Å². The Morgan fingerprint density at radius 3 is 2.44 bits per heavy atom. The lowest BCUT2D eigenvalue weighted by Crippen LogP contribution is -2.21. The Morgan fingerprint density at radius 1 is 1.11 bits per heavy atom. The number of aryl methyl sites for hydroxylation is 1. The van der Waals surface area contributed by atoms with Crippen LogP contribution in [0.1, 0.15) is 29.0 Å². The summed E-state index contributed by atoms with van der Waals surface area (Å²) in [4.78, 5) is 0. The van der Waals surface area contributed by atoms with Gasteiger partial charge in [-0.05, 0) is 25.0 Å². The molecule has 3 rings (SSSR count). The van der Waals surface area contributed by atoms with Gasteiger partial charge in [-0.2, -0.15) is 0 Å². The first-order valence-corrected chi connectivity index (χ1v) is 6.25. The van der Waals surface area contributed by atoms with Gasteiger partial charge in [0.2, 0.25) is 0 Å². The summed E-state index contributed by atoms with van der Waals surface area (Å²) in [6.07, 6.45) is 0.896. The van der Waals surface area contributed by atoms with E-state index in [1.165, 1.54) is 11.1 Å². The van der Waals surface area contributed by atoms with E-state index < -0.39 is 5.54 Å². The van der Waals surface area contributed by atoms with Crippen LogP contribution in [0.5, 0.6) is 5.75 Å². The molecule has 92 valence electrons. The number of hydrogen-bond acceptors (Lipinski definition) is 2. The molecule has 0 radical (unpaired) electrons. The van der Waals surface area contributed by atoms with E-state index in [-0.39, 0.29) is 0 Å². The summed E-state index contributed by atoms with van der Waals surface area (Å²) in [5, 5.41) is 9.91. The molecule has 2 heteroatoms. The second kappa shape index (κ2) is 3.85. The third kappa shape index (κ3) is 1.70. The van der Waals surface area contributed by atoms with Crippen molar-refractivity contribution in [2.75, 3.05) is 0 Å². The Labute approximate surface area is 107 Å². The first-order valence-electron chi connectivity index (χ1n) is 6.25. The van der Waals surface area contributed by atoms with Gasteiger partial charge in [0.25, 0.3) is 0 Å². The average molecular weight is 239 g/mol. The normalized spacial score (nSPS) is 26.0. The molecule has 3 N–H and O–H groups in total. The molecular formula is C16H17NO. The molecule has 0 heterocycles. The Balaban J connectivity index is 1.92. The van der Waals surface area contributed by atoms with Crippen molar-refractivity contribution >= 4 is 0 Å². The largest absolute Gasteiger partial charge is 0.508 e. The molecule has 0 aromatic heterocycles. The molecule has 1 saturated carbocycles. The van der Waals surface area contributed by atoms with Gasteiger partial charge in [-0.3, -0.25) is 0 Å².